The highest BCUT2D eigenvalue weighted by Gasteiger charge is 2.54. The molecule has 3 amide bonds. The van der Waals surface area contributed by atoms with Crippen LogP contribution in [0.5, 0.6) is 0 Å². The van der Waals surface area contributed by atoms with E-state index >= 15 is 0 Å². The van der Waals surface area contributed by atoms with E-state index in [1.807, 2.05) is 50.2 Å². The van der Waals surface area contributed by atoms with Crippen molar-refractivity contribution in [3.8, 4) is 0 Å². The lowest BCUT2D eigenvalue weighted by Gasteiger charge is -2.22. The maximum Gasteiger partial charge on any atom is 0.325 e. The molecule has 2 aliphatic rings. The molecule has 8 heteroatoms. The Morgan fingerprint density at radius 3 is 2.30 bits per heavy atom. The van der Waals surface area contributed by atoms with Gasteiger partial charge in [-0.05, 0) is 43.2 Å². The number of carbonyl (C=O) groups excluding carboxylic acids is 2. The van der Waals surface area contributed by atoms with Crippen LogP contribution in [-0.4, -0.2) is 55.4 Å². The fourth-order valence-electron chi connectivity index (χ4n) is 4.15. The van der Waals surface area contributed by atoms with Gasteiger partial charge in [0.25, 0.3) is 0 Å². The van der Waals surface area contributed by atoms with Gasteiger partial charge in [-0.3, -0.25) is 9.69 Å². The van der Waals surface area contributed by atoms with Gasteiger partial charge in [0, 0.05) is 11.4 Å². The first-order chi connectivity index (χ1) is 14.3. The molecule has 0 aliphatic carbocycles. The van der Waals surface area contributed by atoms with Gasteiger partial charge in [-0.1, -0.05) is 36.8 Å². The van der Waals surface area contributed by atoms with Crippen LogP contribution in [0.1, 0.15) is 18.1 Å². The summed E-state index contributed by atoms with van der Waals surface area (Å²) in [6.07, 6.45) is 0.875. The second-order valence-corrected chi connectivity index (χ2v) is 10.1. The van der Waals surface area contributed by atoms with E-state index in [0.29, 0.717) is 11.4 Å². The average molecular weight is 428 g/mol. The van der Waals surface area contributed by atoms with Crippen LogP contribution < -0.4 is 10.2 Å². The summed E-state index contributed by atoms with van der Waals surface area (Å²) < 4.78 is 24.6. The number of hydrogen-bond donors (Lipinski definition) is 1. The lowest BCUT2D eigenvalue weighted by Crippen LogP contribution is -2.42. The second kappa shape index (κ2) is 7.75. The van der Waals surface area contributed by atoms with Gasteiger partial charge in [0.1, 0.15) is 6.54 Å². The molecule has 4 rings (SSSR count). The molecular weight excluding hydrogens is 402 g/mol. The van der Waals surface area contributed by atoms with E-state index < -0.39 is 21.9 Å². The average Bonchev–Trinajstić information content (AvgIpc) is 3.14. The summed E-state index contributed by atoms with van der Waals surface area (Å²) in [5, 5.41) is 2.79. The summed E-state index contributed by atoms with van der Waals surface area (Å²) in [4.78, 5) is 28.7. The standard InChI is InChI=1S/C22H25N3O4S/c1-3-16-6-10-18(11-7-16)25-20-14-30(28,29)13-19(20)24(22(25)27)12-21(26)23-17-8-4-15(2)5-9-17/h4-11,19-20H,3,12-14H2,1-2H3,(H,23,26)/t19-,20+/m0/s1. The van der Waals surface area contributed by atoms with Crippen molar-refractivity contribution in [2.45, 2.75) is 32.4 Å². The minimum Gasteiger partial charge on any atom is -0.325 e. The third kappa shape index (κ3) is 3.92. The Kier molecular flexibility index (Phi) is 5.27. The van der Waals surface area contributed by atoms with Crippen molar-refractivity contribution in [1.82, 2.24) is 4.90 Å². The van der Waals surface area contributed by atoms with E-state index in [4.69, 9.17) is 0 Å². The van der Waals surface area contributed by atoms with Gasteiger partial charge in [-0.25, -0.2) is 13.2 Å². The molecule has 30 heavy (non-hydrogen) atoms. The monoisotopic (exact) mass is 427 g/mol. The molecule has 2 aromatic rings. The first kappa shape index (κ1) is 20.4. The molecule has 2 aromatic carbocycles. The summed E-state index contributed by atoms with van der Waals surface area (Å²) in [7, 11) is -3.28. The van der Waals surface area contributed by atoms with Gasteiger partial charge in [-0.2, -0.15) is 0 Å². The summed E-state index contributed by atoms with van der Waals surface area (Å²) in [5.41, 5.74) is 3.51. The lowest BCUT2D eigenvalue weighted by atomic mass is 10.1. The molecule has 0 radical (unpaired) electrons. The first-order valence-corrected chi connectivity index (χ1v) is 11.9. The maximum atomic E-state index is 13.2. The van der Waals surface area contributed by atoms with Gasteiger partial charge in [0.05, 0.1) is 23.6 Å². The third-order valence-corrected chi connectivity index (χ3v) is 7.45. The molecule has 2 fully saturated rings. The van der Waals surface area contributed by atoms with Crippen molar-refractivity contribution < 1.29 is 18.0 Å². The number of benzene rings is 2. The Morgan fingerprint density at radius 2 is 1.67 bits per heavy atom. The van der Waals surface area contributed by atoms with Gasteiger partial charge in [-0.15, -0.1) is 0 Å². The van der Waals surface area contributed by atoms with Crippen molar-refractivity contribution >= 4 is 33.2 Å². The number of hydrogen-bond acceptors (Lipinski definition) is 4. The van der Waals surface area contributed by atoms with Crippen molar-refractivity contribution in [3.63, 3.8) is 0 Å². The van der Waals surface area contributed by atoms with E-state index in [2.05, 4.69) is 5.32 Å². The lowest BCUT2D eigenvalue weighted by molar-refractivity contribution is -0.116. The van der Waals surface area contributed by atoms with Crippen molar-refractivity contribution in [1.29, 1.82) is 0 Å². The van der Waals surface area contributed by atoms with Crippen LogP contribution in [0.3, 0.4) is 0 Å². The van der Waals surface area contributed by atoms with Gasteiger partial charge in [0.15, 0.2) is 9.84 Å². The van der Waals surface area contributed by atoms with Gasteiger partial charge in [0.2, 0.25) is 5.91 Å². The molecule has 0 bridgehead atoms. The highest BCUT2D eigenvalue weighted by atomic mass is 32.2. The molecule has 2 heterocycles. The number of sulfone groups is 1. The van der Waals surface area contributed by atoms with E-state index in [-0.39, 0.29) is 30.0 Å². The van der Waals surface area contributed by atoms with Crippen LogP contribution >= 0.6 is 0 Å². The Balaban J connectivity index is 1.57. The Hall–Kier alpha value is -2.87. The quantitative estimate of drug-likeness (QED) is 0.743. The molecule has 158 valence electrons. The van der Waals surface area contributed by atoms with Gasteiger partial charge >= 0.3 is 6.03 Å². The number of carbonyl (C=O) groups is 2. The highest BCUT2D eigenvalue weighted by Crippen LogP contribution is 2.35. The minimum atomic E-state index is -3.28. The molecule has 2 aliphatic heterocycles. The largest absolute Gasteiger partial charge is 0.325 e. The van der Waals surface area contributed by atoms with E-state index in [1.54, 1.807) is 12.1 Å². The fraction of sp³-hybridized carbons (Fsp3) is 0.364. The van der Waals surface area contributed by atoms with Crippen LogP contribution in [0.4, 0.5) is 16.2 Å². The Morgan fingerprint density at radius 1 is 1.03 bits per heavy atom. The fourth-order valence-corrected chi connectivity index (χ4v) is 6.10. The number of rotatable bonds is 5. The maximum absolute atomic E-state index is 13.2. The minimum absolute atomic E-state index is 0.0883. The van der Waals surface area contributed by atoms with Crippen LogP contribution in [0, 0.1) is 6.92 Å². The zero-order valence-corrected chi connectivity index (χ0v) is 17.9. The smallest absolute Gasteiger partial charge is 0.325 e. The number of nitrogens with zero attached hydrogens (tertiary/aromatic N) is 2. The summed E-state index contributed by atoms with van der Waals surface area (Å²) in [5.74, 6) is -0.557. The van der Waals surface area contributed by atoms with Gasteiger partial charge < -0.3 is 10.2 Å². The van der Waals surface area contributed by atoms with Crippen LogP contribution in [0.25, 0.3) is 0 Å². The topological polar surface area (TPSA) is 86.8 Å². The number of amides is 3. The van der Waals surface area contributed by atoms with Crippen LogP contribution in [-0.2, 0) is 21.1 Å². The molecule has 7 nitrogen and oxygen atoms in total. The highest BCUT2D eigenvalue weighted by molar-refractivity contribution is 7.91. The van der Waals surface area contributed by atoms with Crippen molar-refractivity contribution in [2.75, 3.05) is 28.3 Å². The van der Waals surface area contributed by atoms with Crippen LogP contribution in [0.15, 0.2) is 48.5 Å². The number of urea groups is 1. The molecule has 0 saturated carbocycles. The number of aryl methyl sites for hydroxylation is 2. The Bertz CT molecular complexity index is 1060. The zero-order chi connectivity index (χ0) is 21.5. The van der Waals surface area contributed by atoms with E-state index in [9.17, 15) is 18.0 Å². The number of nitrogens with one attached hydrogen (secondary N) is 1. The third-order valence-electron chi connectivity index (χ3n) is 5.75. The molecular formula is C22H25N3O4S. The first-order valence-electron chi connectivity index (χ1n) is 10.0. The summed E-state index contributed by atoms with van der Waals surface area (Å²) in [6.45, 7) is 3.81. The molecule has 0 unspecified atom stereocenters. The van der Waals surface area contributed by atoms with Crippen molar-refractivity contribution in [3.05, 3.63) is 59.7 Å². The SMILES string of the molecule is CCc1ccc(N2C(=O)N(CC(=O)Nc3ccc(C)cc3)[C@H]3CS(=O)(=O)C[C@H]32)cc1. The predicted octanol–water partition coefficient (Wildman–Crippen LogP) is 2.60. The van der Waals surface area contributed by atoms with Crippen molar-refractivity contribution in [2.24, 2.45) is 0 Å². The number of fused-ring (bicyclic) bond motifs is 1. The summed E-state index contributed by atoms with van der Waals surface area (Å²) >= 11 is 0. The van der Waals surface area contributed by atoms with E-state index in [1.165, 1.54) is 9.80 Å². The normalized spacial score (nSPS) is 22.3. The number of anilines is 2. The molecule has 0 aromatic heterocycles. The Labute approximate surface area is 176 Å². The molecule has 2 atom stereocenters. The zero-order valence-electron chi connectivity index (χ0n) is 17.0. The molecule has 1 N–H and O–H groups in total. The van der Waals surface area contributed by atoms with E-state index in [0.717, 1.165) is 17.5 Å². The molecule has 0 spiro atoms. The summed E-state index contributed by atoms with van der Waals surface area (Å²) in [6, 6.07) is 13.6. The van der Waals surface area contributed by atoms with Crippen LogP contribution in [0.2, 0.25) is 0 Å². The predicted molar refractivity (Wildman–Crippen MR) is 116 cm³/mol. The molecule has 2 saturated heterocycles. The second-order valence-electron chi connectivity index (χ2n) is 7.93.